The largest absolute Gasteiger partial charge is 0.313 e. The maximum absolute atomic E-state index is 3.86. The van der Waals surface area contributed by atoms with Crippen LogP contribution in [-0.4, -0.2) is 12.6 Å². The Morgan fingerprint density at radius 2 is 1.94 bits per heavy atom. The first-order chi connectivity index (χ1) is 7.58. The first kappa shape index (κ1) is 12.4. The summed E-state index contributed by atoms with van der Waals surface area (Å²) in [5.74, 6) is 1.93. The van der Waals surface area contributed by atoms with E-state index in [-0.39, 0.29) is 0 Å². The van der Waals surface area contributed by atoms with Gasteiger partial charge in [-0.2, -0.15) is 0 Å². The Kier molecular flexibility index (Phi) is 3.94. The van der Waals surface area contributed by atoms with Gasteiger partial charge < -0.3 is 5.32 Å². The van der Waals surface area contributed by atoms with Gasteiger partial charge in [-0.3, -0.25) is 0 Å². The zero-order valence-electron chi connectivity index (χ0n) is 11.4. The summed E-state index contributed by atoms with van der Waals surface area (Å²) in [7, 11) is 0. The van der Waals surface area contributed by atoms with Gasteiger partial charge >= 0.3 is 0 Å². The number of hydrogen-bond acceptors (Lipinski definition) is 1. The third-order valence-corrected chi connectivity index (χ3v) is 4.96. The molecule has 0 aromatic carbocycles. The van der Waals surface area contributed by atoms with Gasteiger partial charge in [0.05, 0.1) is 0 Å². The van der Waals surface area contributed by atoms with Crippen molar-refractivity contribution in [2.45, 2.75) is 71.8 Å². The van der Waals surface area contributed by atoms with Gasteiger partial charge in [0.1, 0.15) is 0 Å². The van der Waals surface area contributed by atoms with E-state index in [4.69, 9.17) is 0 Å². The van der Waals surface area contributed by atoms with E-state index in [0.717, 1.165) is 17.9 Å². The predicted molar refractivity (Wildman–Crippen MR) is 70.5 cm³/mol. The fourth-order valence-electron chi connectivity index (χ4n) is 3.76. The van der Waals surface area contributed by atoms with Crippen LogP contribution in [0.4, 0.5) is 0 Å². The summed E-state index contributed by atoms with van der Waals surface area (Å²) in [5, 5.41) is 3.86. The van der Waals surface area contributed by atoms with Crippen molar-refractivity contribution >= 4 is 0 Å². The Labute approximate surface area is 101 Å². The van der Waals surface area contributed by atoms with Gasteiger partial charge in [0, 0.05) is 6.04 Å². The fraction of sp³-hybridized carbons (Fsp3) is 1.00. The predicted octanol–water partition coefficient (Wildman–Crippen LogP) is 3.98. The lowest BCUT2D eigenvalue weighted by molar-refractivity contribution is 0.231. The van der Waals surface area contributed by atoms with Gasteiger partial charge in [-0.05, 0) is 49.5 Å². The molecular weight excluding hydrogens is 194 g/mol. The lowest BCUT2D eigenvalue weighted by Crippen LogP contribution is -2.40. The van der Waals surface area contributed by atoms with Crippen LogP contribution in [0, 0.1) is 17.3 Å². The molecule has 0 saturated heterocycles. The van der Waals surface area contributed by atoms with E-state index in [1.165, 1.54) is 51.5 Å². The molecule has 2 rings (SSSR count). The van der Waals surface area contributed by atoms with Crippen LogP contribution < -0.4 is 5.32 Å². The van der Waals surface area contributed by atoms with Crippen LogP contribution in [0.5, 0.6) is 0 Å². The van der Waals surface area contributed by atoms with Crippen molar-refractivity contribution in [3.05, 3.63) is 0 Å². The third kappa shape index (κ3) is 3.00. The monoisotopic (exact) mass is 223 g/mol. The maximum Gasteiger partial charge on any atom is 0.0118 e. The van der Waals surface area contributed by atoms with E-state index >= 15 is 0 Å². The van der Waals surface area contributed by atoms with Crippen LogP contribution in [0.3, 0.4) is 0 Å². The molecule has 94 valence electrons. The molecule has 3 unspecified atom stereocenters. The second-order valence-corrected chi connectivity index (χ2v) is 6.98. The van der Waals surface area contributed by atoms with Crippen molar-refractivity contribution in [1.29, 1.82) is 0 Å². The molecule has 2 aliphatic rings. The molecule has 0 amide bonds. The SMILES string of the molecule is CC1CCCC(CNC2CCCC2(C)C)C1. The van der Waals surface area contributed by atoms with Crippen molar-refractivity contribution in [3.8, 4) is 0 Å². The fourth-order valence-corrected chi connectivity index (χ4v) is 3.76. The Morgan fingerprint density at radius 3 is 2.56 bits per heavy atom. The molecule has 0 aromatic rings. The van der Waals surface area contributed by atoms with Crippen LogP contribution in [0.25, 0.3) is 0 Å². The van der Waals surface area contributed by atoms with Crippen molar-refractivity contribution in [2.24, 2.45) is 17.3 Å². The van der Waals surface area contributed by atoms with Gasteiger partial charge in [-0.25, -0.2) is 0 Å². The van der Waals surface area contributed by atoms with E-state index in [9.17, 15) is 0 Å². The van der Waals surface area contributed by atoms with Crippen LogP contribution >= 0.6 is 0 Å². The molecule has 1 nitrogen and oxygen atoms in total. The molecule has 0 spiro atoms. The maximum atomic E-state index is 3.86. The molecule has 3 atom stereocenters. The first-order valence-electron chi connectivity index (χ1n) is 7.31. The standard InChI is InChI=1S/C15H29N/c1-12-6-4-7-13(10-12)11-16-14-8-5-9-15(14,2)3/h12-14,16H,4-11H2,1-3H3. The summed E-state index contributed by atoms with van der Waals surface area (Å²) in [4.78, 5) is 0. The van der Waals surface area contributed by atoms with Crippen molar-refractivity contribution < 1.29 is 0 Å². The zero-order chi connectivity index (χ0) is 11.6. The minimum absolute atomic E-state index is 0.542. The highest BCUT2D eigenvalue weighted by molar-refractivity contribution is 4.90. The summed E-state index contributed by atoms with van der Waals surface area (Å²) in [5.41, 5.74) is 0.542. The van der Waals surface area contributed by atoms with E-state index in [2.05, 4.69) is 26.1 Å². The van der Waals surface area contributed by atoms with Crippen molar-refractivity contribution in [2.75, 3.05) is 6.54 Å². The van der Waals surface area contributed by atoms with Crippen LogP contribution in [0.2, 0.25) is 0 Å². The Morgan fingerprint density at radius 1 is 1.12 bits per heavy atom. The topological polar surface area (TPSA) is 12.0 Å². The molecule has 0 heterocycles. The number of hydrogen-bond donors (Lipinski definition) is 1. The number of rotatable bonds is 3. The van der Waals surface area contributed by atoms with E-state index in [1.54, 1.807) is 0 Å². The molecule has 0 bridgehead atoms. The molecular formula is C15H29N. The summed E-state index contributed by atoms with van der Waals surface area (Å²) >= 11 is 0. The molecule has 1 N–H and O–H groups in total. The second-order valence-electron chi connectivity index (χ2n) is 6.98. The van der Waals surface area contributed by atoms with Crippen molar-refractivity contribution in [1.82, 2.24) is 5.32 Å². The van der Waals surface area contributed by atoms with E-state index in [1.807, 2.05) is 0 Å². The molecule has 2 saturated carbocycles. The summed E-state index contributed by atoms with van der Waals surface area (Å²) in [6, 6.07) is 0.782. The first-order valence-corrected chi connectivity index (χ1v) is 7.31. The number of nitrogens with one attached hydrogen (secondary N) is 1. The molecule has 1 heteroatoms. The Balaban J connectivity index is 1.74. The Hall–Kier alpha value is -0.0400. The average molecular weight is 223 g/mol. The minimum atomic E-state index is 0.542. The smallest absolute Gasteiger partial charge is 0.0118 e. The minimum Gasteiger partial charge on any atom is -0.313 e. The van der Waals surface area contributed by atoms with Crippen LogP contribution in [0.1, 0.15) is 65.7 Å². The van der Waals surface area contributed by atoms with Gasteiger partial charge in [0.25, 0.3) is 0 Å². The summed E-state index contributed by atoms with van der Waals surface area (Å²) < 4.78 is 0. The summed E-state index contributed by atoms with van der Waals surface area (Å²) in [6.07, 6.45) is 10.1. The van der Waals surface area contributed by atoms with E-state index < -0.39 is 0 Å². The highest BCUT2D eigenvalue weighted by Crippen LogP contribution is 2.37. The molecule has 2 fully saturated rings. The van der Waals surface area contributed by atoms with Crippen LogP contribution in [0.15, 0.2) is 0 Å². The zero-order valence-corrected chi connectivity index (χ0v) is 11.4. The highest BCUT2D eigenvalue weighted by Gasteiger charge is 2.34. The van der Waals surface area contributed by atoms with Gasteiger partial charge in [0.15, 0.2) is 0 Å². The molecule has 0 aliphatic heterocycles. The lowest BCUT2D eigenvalue weighted by Gasteiger charge is -2.32. The van der Waals surface area contributed by atoms with Crippen molar-refractivity contribution in [3.63, 3.8) is 0 Å². The highest BCUT2D eigenvalue weighted by atomic mass is 14.9. The third-order valence-electron chi connectivity index (χ3n) is 4.96. The van der Waals surface area contributed by atoms with Crippen LogP contribution in [-0.2, 0) is 0 Å². The lowest BCUT2D eigenvalue weighted by atomic mass is 9.81. The Bertz CT molecular complexity index is 221. The molecule has 2 aliphatic carbocycles. The quantitative estimate of drug-likeness (QED) is 0.763. The van der Waals surface area contributed by atoms with Gasteiger partial charge in [-0.15, -0.1) is 0 Å². The summed E-state index contributed by atoms with van der Waals surface area (Å²) in [6.45, 7) is 8.56. The van der Waals surface area contributed by atoms with Gasteiger partial charge in [0.2, 0.25) is 0 Å². The normalized spacial score (nSPS) is 38.8. The van der Waals surface area contributed by atoms with E-state index in [0.29, 0.717) is 5.41 Å². The molecule has 16 heavy (non-hydrogen) atoms. The molecule has 0 aromatic heterocycles. The molecule has 0 radical (unpaired) electrons. The van der Waals surface area contributed by atoms with Gasteiger partial charge in [-0.1, -0.05) is 40.0 Å². The second kappa shape index (κ2) is 5.08. The average Bonchev–Trinajstić information content (AvgIpc) is 2.55.